The minimum atomic E-state index is 0.249. The van der Waals surface area contributed by atoms with E-state index < -0.39 is 0 Å². The summed E-state index contributed by atoms with van der Waals surface area (Å²) in [6, 6.07) is 0. The molecule has 0 aromatic carbocycles. The predicted molar refractivity (Wildman–Crippen MR) is 71.9 cm³/mol. The van der Waals surface area contributed by atoms with Gasteiger partial charge < -0.3 is 0 Å². The Balaban J connectivity index is 3.94. The molecular formula is C12H21S2. The fraction of sp³-hybridized carbons (Fsp3) is 0.667. The zero-order valence-electron chi connectivity index (χ0n) is 9.45. The molecule has 0 aromatic rings. The molecule has 81 valence electrons. The van der Waals surface area contributed by atoms with Gasteiger partial charge in [-0.05, 0) is 25.7 Å². The van der Waals surface area contributed by atoms with Crippen molar-refractivity contribution >= 4 is 24.4 Å². The summed E-state index contributed by atoms with van der Waals surface area (Å²) in [6.07, 6.45) is 6.42. The van der Waals surface area contributed by atoms with E-state index in [9.17, 15) is 0 Å². The second kappa shape index (κ2) is 8.49. The third-order valence-corrected chi connectivity index (χ3v) is 4.34. The van der Waals surface area contributed by atoms with Gasteiger partial charge in [-0.3, -0.25) is 0 Å². The lowest BCUT2D eigenvalue weighted by molar-refractivity contribution is 0.711. The van der Waals surface area contributed by atoms with Crippen LogP contribution in [0.2, 0.25) is 0 Å². The fourth-order valence-corrected chi connectivity index (χ4v) is 3.03. The molecule has 14 heavy (non-hydrogen) atoms. The molecule has 0 spiro atoms. The molecule has 0 aliphatic rings. The van der Waals surface area contributed by atoms with E-state index >= 15 is 0 Å². The maximum atomic E-state index is 5.43. The molecule has 0 aliphatic heterocycles. The Labute approximate surface area is 98.7 Å². The Kier molecular flexibility index (Phi) is 8.59. The van der Waals surface area contributed by atoms with E-state index in [4.69, 9.17) is 12.6 Å². The molecule has 2 unspecified atom stereocenters. The van der Waals surface area contributed by atoms with Gasteiger partial charge in [0.15, 0.2) is 0 Å². The SMILES string of the molecule is C=CC(CC)CSC([S])C(=CC)CC. The lowest BCUT2D eigenvalue weighted by Gasteiger charge is -2.15. The molecule has 0 saturated heterocycles. The van der Waals surface area contributed by atoms with Crippen molar-refractivity contribution in [2.24, 2.45) is 5.92 Å². The molecule has 0 heterocycles. The van der Waals surface area contributed by atoms with E-state index in [1.165, 1.54) is 5.57 Å². The van der Waals surface area contributed by atoms with E-state index in [1.807, 2.05) is 17.8 Å². The van der Waals surface area contributed by atoms with Gasteiger partial charge in [0.1, 0.15) is 0 Å². The van der Waals surface area contributed by atoms with Gasteiger partial charge in [-0.2, -0.15) is 0 Å². The van der Waals surface area contributed by atoms with Gasteiger partial charge in [-0.15, -0.1) is 18.3 Å². The van der Waals surface area contributed by atoms with Gasteiger partial charge in [0.05, 0.1) is 4.58 Å². The van der Waals surface area contributed by atoms with Crippen LogP contribution in [0.5, 0.6) is 0 Å². The van der Waals surface area contributed by atoms with Crippen LogP contribution in [0.15, 0.2) is 24.3 Å². The number of hydrogen-bond acceptors (Lipinski definition) is 1. The van der Waals surface area contributed by atoms with Crippen LogP contribution in [-0.2, 0) is 0 Å². The first kappa shape index (κ1) is 14.2. The molecular weight excluding hydrogens is 208 g/mol. The van der Waals surface area contributed by atoms with Crippen LogP contribution in [0.4, 0.5) is 0 Å². The number of thioether (sulfide) groups is 1. The first-order valence-electron chi connectivity index (χ1n) is 5.24. The van der Waals surface area contributed by atoms with Crippen molar-refractivity contribution in [2.45, 2.75) is 38.2 Å². The standard InChI is InChI=1S/C12H21S2/c1-5-10(6-2)9-14-12(13)11(7-3)8-4/h5,7,10,12H,1,6,8-9H2,2-4H3. The predicted octanol–water partition coefficient (Wildman–Crippen LogP) is 4.81. The lowest BCUT2D eigenvalue weighted by Crippen LogP contribution is -2.04. The van der Waals surface area contributed by atoms with Gasteiger partial charge >= 0.3 is 0 Å². The summed E-state index contributed by atoms with van der Waals surface area (Å²) in [4.78, 5) is 0. The van der Waals surface area contributed by atoms with Gasteiger partial charge in [0, 0.05) is 5.75 Å². The summed E-state index contributed by atoms with van der Waals surface area (Å²) in [5.41, 5.74) is 1.38. The van der Waals surface area contributed by atoms with E-state index in [0.717, 1.165) is 18.6 Å². The normalized spacial score (nSPS) is 16.4. The highest BCUT2D eigenvalue weighted by molar-refractivity contribution is 8.10. The van der Waals surface area contributed by atoms with Crippen LogP contribution in [-0.4, -0.2) is 10.3 Å². The maximum absolute atomic E-state index is 5.43. The summed E-state index contributed by atoms with van der Waals surface area (Å²) < 4.78 is 0.249. The topological polar surface area (TPSA) is 0 Å². The summed E-state index contributed by atoms with van der Waals surface area (Å²) >= 11 is 7.30. The van der Waals surface area contributed by atoms with Crippen LogP contribution in [0, 0.1) is 5.92 Å². The minimum absolute atomic E-state index is 0.249. The van der Waals surface area contributed by atoms with Crippen LogP contribution in [0.1, 0.15) is 33.6 Å². The zero-order chi connectivity index (χ0) is 11.0. The molecule has 0 amide bonds. The van der Waals surface area contributed by atoms with Crippen molar-refractivity contribution in [3.05, 3.63) is 24.3 Å². The summed E-state index contributed by atoms with van der Waals surface area (Å²) in [7, 11) is 0. The minimum Gasteiger partial charge on any atom is -0.142 e. The molecule has 0 nitrogen and oxygen atoms in total. The summed E-state index contributed by atoms with van der Waals surface area (Å²) in [6.45, 7) is 10.3. The third kappa shape index (κ3) is 5.16. The smallest absolute Gasteiger partial charge is 0.0815 e. The Morgan fingerprint density at radius 1 is 1.50 bits per heavy atom. The molecule has 0 aliphatic carbocycles. The highest BCUT2D eigenvalue weighted by Crippen LogP contribution is 2.27. The fourth-order valence-electron chi connectivity index (χ4n) is 1.18. The van der Waals surface area contributed by atoms with Gasteiger partial charge in [-0.1, -0.05) is 44.2 Å². The van der Waals surface area contributed by atoms with Crippen molar-refractivity contribution < 1.29 is 0 Å². The van der Waals surface area contributed by atoms with E-state index in [0.29, 0.717) is 5.92 Å². The van der Waals surface area contributed by atoms with Gasteiger partial charge in [0.25, 0.3) is 0 Å². The van der Waals surface area contributed by atoms with Crippen LogP contribution in [0.3, 0.4) is 0 Å². The van der Waals surface area contributed by atoms with Crippen LogP contribution in [0.25, 0.3) is 0 Å². The second-order valence-corrected chi connectivity index (χ2v) is 5.19. The van der Waals surface area contributed by atoms with Gasteiger partial charge in [-0.25, -0.2) is 0 Å². The Hall–Kier alpha value is 0.180. The van der Waals surface area contributed by atoms with Crippen molar-refractivity contribution in [1.29, 1.82) is 0 Å². The first-order chi connectivity index (χ1) is 6.69. The molecule has 0 fully saturated rings. The third-order valence-electron chi connectivity index (χ3n) is 2.40. The largest absolute Gasteiger partial charge is 0.142 e. The molecule has 0 rings (SSSR count). The second-order valence-electron chi connectivity index (χ2n) is 3.29. The molecule has 0 aromatic heterocycles. The molecule has 2 heteroatoms. The Morgan fingerprint density at radius 3 is 2.50 bits per heavy atom. The summed E-state index contributed by atoms with van der Waals surface area (Å²) in [5.74, 6) is 1.71. The zero-order valence-corrected chi connectivity index (χ0v) is 11.1. The van der Waals surface area contributed by atoms with Crippen molar-refractivity contribution in [3.63, 3.8) is 0 Å². The number of rotatable bonds is 7. The van der Waals surface area contributed by atoms with E-state index in [1.54, 1.807) is 0 Å². The van der Waals surface area contributed by atoms with Crippen LogP contribution >= 0.6 is 24.4 Å². The Morgan fingerprint density at radius 2 is 2.14 bits per heavy atom. The highest BCUT2D eigenvalue weighted by atomic mass is 32.2. The highest BCUT2D eigenvalue weighted by Gasteiger charge is 2.10. The molecule has 0 N–H and O–H groups in total. The summed E-state index contributed by atoms with van der Waals surface area (Å²) in [5, 5.41) is 0. The average Bonchev–Trinajstić information content (AvgIpc) is 2.21. The van der Waals surface area contributed by atoms with Crippen molar-refractivity contribution in [1.82, 2.24) is 0 Å². The van der Waals surface area contributed by atoms with E-state index in [-0.39, 0.29) is 4.58 Å². The Bertz CT molecular complexity index is 185. The van der Waals surface area contributed by atoms with Crippen molar-refractivity contribution in [2.75, 3.05) is 5.75 Å². The number of allylic oxidation sites excluding steroid dienone is 2. The average molecular weight is 229 g/mol. The van der Waals surface area contributed by atoms with Gasteiger partial charge in [0.2, 0.25) is 0 Å². The quantitative estimate of drug-likeness (QED) is 0.564. The van der Waals surface area contributed by atoms with Crippen molar-refractivity contribution in [3.8, 4) is 0 Å². The number of hydrogen-bond donors (Lipinski definition) is 0. The van der Waals surface area contributed by atoms with E-state index in [2.05, 4.69) is 33.4 Å². The molecule has 1 radical (unpaired) electrons. The monoisotopic (exact) mass is 229 g/mol. The molecule has 2 atom stereocenters. The first-order valence-corrected chi connectivity index (χ1v) is 6.76. The van der Waals surface area contributed by atoms with Crippen LogP contribution < -0.4 is 0 Å². The maximum Gasteiger partial charge on any atom is 0.0815 e. The lowest BCUT2D eigenvalue weighted by atomic mass is 10.1. The molecule has 0 bridgehead atoms. The molecule has 0 saturated carbocycles.